The zero-order chi connectivity index (χ0) is 10.1. The highest BCUT2D eigenvalue weighted by Crippen LogP contribution is 2.17. The largest absolute Gasteiger partial charge is 0.388 e. The molecule has 0 saturated carbocycles. The molecule has 2 atom stereocenters. The molecule has 0 aromatic rings. The summed E-state index contributed by atoms with van der Waals surface area (Å²) in [6.07, 6.45) is -0.746. The van der Waals surface area contributed by atoms with Gasteiger partial charge >= 0.3 is 0 Å². The standard InChI is InChI=1S/C9H16N2O3/c1-14-8-5-11(4-7(8)12)9(13)6-2-10-3-6/h6-8,10,12H,2-5H2,1H3/t7-,8+/m1/s1. The number of aliphatic hydroxyl groups is 1. The van der Waals surface area contributed by atoms with Crippen LogP contribution in [0.3, 0.4) is 0 Å². The number of methoxy groups -OCH3 is 1. The van der Waals surface area contributed by atoms with Crippen LogP contribution in [0.15, 0.2) is 0 Å². The summed E-state index contributed by atoms with van der Waals surface area (Å²) in [6.45, 7) is 2.47. The van der Waals surface area contributed by atoms with Crippen molar-refractivity contribution in [2.24, 2.45) is 5.92 Å². The molecule has 0 aliphatic carbocycles. The average molecular weight is 200 g/mol. The SMILES string of the molecule is CO[C@H]1CN(C(=O)C2CNC2)C[C@H]1O. The van der Waals surface area contributed by atoms with Crippen LogP contribution in [0, 0.1) is 5.92 Å². The lowest BCUT2D eigenvalue weighted by atomic mass is 10.0. The lowest BCUT2D eigenvalue weighted by molar-refractivity contribution is -0.136. The third kappa shape index (κ3) is 1.63. The van der Waals surface area contributed by atoms with Crippen LogP contribution in [0.2, 0.25) is 0 Å². The van der Waals surface area contributed by atoms with Crippen LogP contribution in [-0.2, 0) is 9.53 Å². The molecule has 0 bridgehead atoms. The van der Waals surface area contributed by atoms with Gasteiger partial charge < -0.3 is 20.1 Å². The van der Waals surface area contributed by atoms with E-state index in [0.29, 0.717) is 13.1 Å². The second kappa shape index (κ2) is 3.84. The number of hydrogen-bond acceptors (Lipinski definition) is 4. The molecule has 2 N–H and O–H groups in total. The lowest BCUT2D eigenvalue weighted by Gasteiger charge is -2.30. The van der Waals surface area contributed by atoms with Crippen LogP contribution in [0.5, 0.6) is 0 Å². The van der Waals surface area contributed by atoms with Crippen molar-refractivity contribution in [3.63, 3.8) is 0 Å². The summed E-state index contributed by atoms with van der Waals surface area (Å²) in [6, 6.07) is 0. The van der Waals surface area contributed by atoms with Crippen LogP contribution in [0.4, 0.5) is 0 Å². The number of ether oxygens (including phenoxy) is 1. The van der Waals surface area contributed by atoms with E-state index in [0.717, 1.165) is 13.1 Å². The summed E-state index contributed by atoms with van der Waals surface area (Å²) in [4.78, 5) is 13.5. The number of carbonyl (C=O) groups is 1. The number of amides is 1. The van der Waals surface area contributed by atoms with Crippen molar-refractivity contribution >= 4 is 5.91 Å². The second-order valence-corrected chi connectivity index (χ2v) is 3.94. The minimum atomic E-state index is -0.531. The molecule has 5 nitrogen and oxygen atoms in total. The smallest absolute Gasteiger partial charge is 0.228 e. The highest BCUT2D eigenvalue weighted by molar-refractivity contribution is 5.80. The van der Waals surface area contributed by atoms with E-state index in [1.165, 1.54) is 0 Å². The van der Waals surface area contributed by atoms with E-state index in [4.69, 9.17) is 4.74 Å². The van der Waals surface area contributed by atoms with E-state index in [9.17, 15) is 9.90 Å². The van der Waals surface area contributed by atoms with Gasteiger partial charge in [-0.3, -0.25) is 4.79 Å². The van der Waals surface area contributed by atoms with Crippen LogP contribution in [-0.4, -0.2) is 61.4 Å². The Morgan fingerprint density at radius 1 is 1.50 bits per heavy atom. The maximum absolute atomic E-state index is 11.8. The summed E-state index contributed by atoms with van der Waals surface area (Å²) in [7, 11) is 1.56. The first-order valence-electron chi connectivity index (χ1n) is 4.92. The van der Waals surface area contributed by atoms with E-state index < -0.39 is 6.10 Å². The zero-order valence-electron chi connectivity index (χ0n) is 8.27. The number of nitrogens with one attached hydrogen (secondary N) is 1. The second-order valence-electron chi connectivity index (χ2n) is 3.94. The number of β-amino-alcohol motifs (C(OH)–C–C–N with tert-alkyl or cyclic N) is 1. The molecule has 5 heteroatoms. The third-order valence-electron chi connectivity index (χ3n) is 2.98. The van der Waals surface area contributed by atoms with Crippen LogP contribution in [0.25, 0.3) is 0 Å². The van der Waals surface area contributed by atoms with Crippen molar-refractivity contribution in [3.05, 3.63) is 0 Å². The van der Waals surface area contributed by atoms with Gasteiger partial charge in [0.25, 0.3) is 0 Å². The highest BCUT2D eigenvalue weighted by Gasteiger charge is 2.38. The van der Waals surface area contributed by atoms with Gasteiger partial charge in [0.05, 0.1) is 12.0 Å². The van der Waals surface area contributed by atoms with E-state index in [1.807, 2.05) is 0 Å². The summed E-state index contributed by atoms with van der Waals surface area (Å²) in [5, 5.41) is 12.6. The minimum Gasteiger partial charge on any atom is -0.388 e. The van der Waals surface area contributed by atoms with Gasteiger partial charge in [-0.05, 0) is 0 Å². The number of aliphatic hydroxyl groups excluding tert-OH is 1. The molecule has 1 amide bonds. The molecule has 2 aliphatic heterocycles. The van der Waals surface area contributed by atoms with E-state index in [1.54, 1.807) is 12.0 Å². The first-order chi connectivity index (χ1) is 6.72. The van der Waals surface area contributed by atoms with Crippen LogP contribution in [0.1, 0.15) is 0 Å². The van der Waals surface area contributed by atoms with Gasteiger partial charge in [-0.1, -0.05) is 0 Å². The van der Waals surface area contributed by atoms with Gasteiger partial charge in [-0.15, -0.1) is 0 Å². The Balaban J connectivity index is 1.90. The predicted molar refractivity (Wildman–Crippen MR) is 49.7 cm³/mol. The molecular weight excluding hydrogens is 184 g/mol. The maximum atomic E-state index is 11.8. The first kappa shape index (κ1) is 9.89. The van der Waals surface area contributed by atoms with E-state index in [-0.39, 0.29) is 17.9 Å². The Hall–Kier alpha value is -0.650. The fraction of sp³-hybridized carbons (Fsp3) is 0.889. The zero-order valence-corrected chi connectivity index (χ0v) is 8.27. The Kier molecular flexibility index (Phi) is 2.71. The molecule has 0 unspecified atom stereocenters. The lowest BCUT2D eigenvalue weighted by Crippen LogP contribution is -2.51. The average Bonchev–Trinajstić information content (AvgIpc) is 2.43. The molecule has 2 rings (SSSR count). The van der Waals surface area contributed by atoms with Gasteiger partial charge in [0.15, 0.2) is 0 Å². The van der Waals surface area contributed by atoms with Crippen LogP contribution >= 0.6 is 0 Å². The predicted octanol–water partition coefficient (Wildman–Crippen LogP) is -1.58. The fourth-order valence-electron chi connectivity index (χ4n) is 1.89. The molecule has 0 radical (unpaired) electrons. The molecule has 0 spiro atoms. The van der Waals surface area contributed by atoms with Crippen molar-refractivity contribution in [3.8, 4) is 0 Å². The normalized spacial score (nSPS) is 33.1. The van der Waals surface area contributed by atoms with Crippen LogP contribution < -0.4 is 5.32 Å². The van der Waals surface area contributed by atoms with E-state index >= 15 is 0 Å². The molecule has 2 fully saturated rings. The molecular formula is C9H16N2O3. The number of rotatable bonds is 2. The van der Waals surface area contributed by atoms with Gasteiger partial charge in [0, 0.05) is 33.3 Å². The topological polar surface area (TPSA) is 61.8 Å². The van der Waals surface area contributed by atoms with Crippen molar-refractivity contribution < 1.29 is 14.6 Å². The molecule has 0 aromatic carbocycles. The minimum absolute atomic E-state index is 0.109. The third-order valence-corrected chi connectivity index (χ3v) is 2.98. The maximum Gasteiger partial charge on any atom is 0.228 e. The van der Waals surface area contributed by atoms with E-state index in [2.05, 4.69) is 5.32 Å². The summed E-state index contributed by atoms with van der Waals surface area (Å²) in [5.41, 5.74) is 0. The molecule has 2 saturated heterocycles. The van der Waals surface area contributed by atoms with Crippen molar-refractivity contribution in [1.29, 1.82) is 0 Å². The molecule has 2 aliphatic rings. The highest BCUT2D eigenvalue weighted by atomic mass is 16.5. The Labute approximate surface area is 83.0 Å². The quantitative estimate of drug-likeness (QED) is 0.565. The number of hydrogen-bond donors (Lipinski definition) is 2. The van der Waals surface area contributed by atoms with Crippen molar-refractivity contribution in [1.82, 2.24) is 10.2 Å². The fourth-order valence-corrected chi connectivity index (χ4v) is 1.89. The van der Waals surface area contributed by atoms with Crippen molar-refractivity contribution in [2.45, 2.75) is 12.2 Å². The number of carbonyl (C=O) groups excluding carboxylic acids is 1. The molecule has 2 heterocycles. The van der Waals surface area contributed by atoms with Crippen molar-refractivity contribution in [2.75, 3.05) is 33.3 Å². The molecule has 80 valence electrons. The number of likely N-dealkylation sites (tertiary alicyclic amines) is 1. The van der Waals surface area contributed by atoms with Gasteiger partial charge in [-0.2, -0.15) is 0 Å². The van der Waals surface area contributed by atoms with Gasteiger partial charge in [0.2, 0.25) is 5.91 Å². The Morgan fingerprint density at radius 3 is 2.64 bits per heavy atom. The number of nitrogens with zero attached hydrogens (tertiary/aromatic N) is 1. The summed E-state index contributed by atoms with van der Waals surface area (Å²) < 4.78 is 5.08. The summed E-state index contributed by atoms with van der Waals surface area (Å²) in [5.74, 6) is 0.250. The Bertz CT molecular complexity index is 230. The summed E-state index contributed by atoms with van der Waals surface area (Å²) >= 11 is 0. The monoisotopic (exact) mass is 200 g/mol. The Morgan fingerprint density at radius 2 is 2.21 bits per heavy atom. The van der Waals surface area contributed by atoms with Gasteiger partial charge in [-0.25, -0.2) is 0 Å². The first-order valence-corrected chi connectivity index (χ1v) is 4.92. The molecule has 0 aromatic heterocycles. The van der Waals surface area contributed by atoms with Gasteiger partial charge in [0.1, 0.15) is 6.10 Å². The molecule has 14 heavy (non-hydrogen) atoms.